The van der Waals surface area contributed by atoms with Gasteiger partial charge in [-0.2, -0.15) is 0 Å². The van der Waals surface area contributed by atoms with Crippen LogP contribution in [0.15, 0.2) is 134 Å². The van der Waals surface area contributed by atoms with E-state index < -0.39 is 77.0 Å². The van der Waals surface area contributed by atoms with Gasteiger partial charge in [-0.3, -0.25) is 24.0 Å². The number of carbonyl (C=O) groups is 6. The number of ketones is 1. The van der Waals surface area contributed by atoms with E-state index in [-0.39, 0.29) is 38.7 Å². The van der Waals surface area contributed by atoms with Gasteiger partial charge in [-0.05, 0) is 79.1 Å². The molecule has 1 aromatic heterocycles. The minimum Gasteiger partial charge on any atom is -0.461 e. The lowest BCUT2D eigenvalue weighted by Crippen LogP contribution is -2.59. The number of nitrogens with one attached hydrogen (secondary N) is 2. The average Bonchev–Trinajstić information content (AvgIpc) is 3.93. The molecule has 0 bridgehead atoms. The Hall–Kier alpha value is -6.96. The standard InChI is InChI=1S/C52H55N5O8/c1-52(2,3)65-51(63)56-44(28-37-30-55-43-21-13-12-20-38(37)43)50(62)57(49(61)42(54)27-33-22-23-34-16-10-11-19-36(34)26-33)48(60)40-25-24-39(46(40)35-17-8-5-9-18-35)47(59)41(53)29-45(58)64-31-32-14-6-4-7-15-32/h4-23,26,30,39-42,44,46,55H,24-25,27-29,31,53-54H2,1-3H3,(H,56,63)/t39?,40-,41+,42+,44+,46-/m1/s1. The highest BCUT2D eigenvalue weighted by atomic mass is 16.6. The molecular weight excluding hydrogens is 823 g/mol. The number of para-hydroxylation sites is 1. The minimum atomic E-state index is -1.48. The number of carbonyl (C=O) groups excluding carboxylic acids is 6. The molecule has 1 aliphatic carbocycles. The number of amides is 4. The molecule has 6 aromatic rings. The quantitative estimate of drug-likeness (QED) is 0.0774. The largest absolute Gasteiger partial charge is 0.461 e. The van der Waals surface area contributed by atoms with E-state index in [4.69, 9.17) is 20.9 Å². The topological polar surface area (TPSA) is 204 Å². The highest BCUT2D eigenvalue weighted by Crippen LogP contribution is 2.46. The molecule has 336 valence electrons. The highest BCUT2D eigenvalue weighted by Gasteiger charge is 2.50. The molecule has 1 fully saturated rings. The lowest BCUT2D eigenvalue weighted by molar-refractivity contribution is -0.158. The van der Waals surface area contributed by atoms with Crippen LogP contribution in [-0.2, 0) is 52.9 Å². The van der Waals surface area contributed by atoms with Crippen LogP contribution in [0, 0.1) is 11.8 Å². The van der Waals surface area contributed by atoms with E-state index in [1.54, 1.807) is 57.3 Å². The maximum Gasteiger partial charge on any atom is 0.408 e. The fourth-order valence-corrected chi connectivity index (χ4v) is 8.78. The Bertz CT molecular complexity index is 2680. The Morgan fingerprint density at radius 1 is 0.723 bits per heavy atom. The molecule has 1 saturated carbocycles. The van der Waals surface area contributed by atoms with Crippen molar-refractivity contribution in [2.24, 2.45) is 23.3 Å². The van der Waals surface area contributed by atoms with Gasteiger partial charge in [0.1, 0.15) is 18.2 Å². The maximum atomic E-state index is 15.4. The van der Waals surface area contributed by atoms with Gasteiger partial charge in [0.25, 0.3) is 11.8 Å². The van der Waals surface area contributed by atoms with Crippen LogP contribution in [-0.4, -0.2) is 69.2 Å². The van der Waals surface area contributed by atoms with E-state index >= 15 is 9.59 Å². The normalized spacial score (nSPS) is 17.5. The third-order valence-corrected chi connectivity index (χ3v) is 11.9. The smallest absolute Gasteiger partial charge is 0.408 e. The van der Waals surface area contributed by atoms with Gasteiger partial charge in [0, 0.05) is 41.3 Å². The molecule has 13 nitrogen and oxygen atoms in total. The minimum absolute atomic E-state index is 0.0121. The SMILES string of the molecule is CC(C)(C)OC(=O)N[C@@H](Cc1c[nH]c2ccccc12)C(=O)N(C(=O)[C@@H](N)Cc1ccc2ccccc2c1)C(=O)[C@@H]1CCC(C(=O)[C@@H](N)CC(=O)OCc2ccccc2)[C@H]1c1ccccc1. The van der Waals surface area contributed by atoms with Crippen molar-refractivity contribution in [2.75, 3.05) is 0 Å². The lowest BCUT2D eigenvalue weighted by Gasteiger charge is -2.32. The molecule has 13 heteroatoms. The zero-order valence-corrected chi connectivity index (χ0v) is 36.8. The number of imide groups is 3. The zero-order chi connectivity index (χ0) is 46.3. The van der Waals surface area contributed by atoms with Gasteiger partial charge >= 0.3 is 12.1 Å². The van der Waals surface area contributed by atoms with Crippen molar-refractivity contribution in [2.45, 2.75) is 89.1 Å². The molecule has 65 heavy (non-hydrogen) atoms. The van der Waals surface area contributed by atoms with Crippen LogP contribution < -0.4 is 16.8 Å². The molecule has 4 amide bonds. The van der Waals surface area contributed by atoms with Crippen LogP contribution in [0.1, 0.15) is 68.2 Å². The number of hydrogen-bond acceptors (Lipinski definition) is 10. The number of aromatic amines is 1. The molecule has 6 N–H and O–H groups in total. The monoisotopic (exact) mass is 877 g/mol. The van der Waals surface area contributed by atoms with Gasteiger partial charge in [-0.15, -0.1) is 0 Å². The Morgan fingerprint density at radius 3 is 2.09 bits per heavy atom. The fraction of sp³-hybridized carbons (Fsp3) is 0.308. The van der Waals surface area contributed by atoms with Crippen molar-refractivity contribution >= 4 is 57.2 Å². The maximum absolute atomic E-state index is 15.4. The Kier molecular flexibility index (Phi) is 14.3. The predicted molar refractivity (Wildman–Crippen MR) is 247 cm³/mol. The van der Waals surface area contributed by atoms with E-state index in [2.05, 4.69) is 10.3 Å². The van der Waals surface area contributed by atoms with Gasteiger partial charge in [0.15, 0.2) is 5.78 Å². The van der Waals surface area contributed by atoms with Gasteiger partial charge in [-0.25, -0.2) is 9.69 Å². The first kappa shape index (κ1) is 46.0. The van der Waals surface area contributed by atoms with Crippen molar-refractivity contribution in [1.29, 1.82) is 0 Å². The summed E-state index contributed by atoms with van der Waals surface area (Å²) in [5.41, 5.74) is 15.7. The lowest BCUT2D eigenvalue weighted by atomic mass is 9.79. The molecule has 1 aliphatic rings. The van der Waals surface area contributed by atoms with E-state index in [1.165, 1.54) is 0 Å². The summed E-state index contributed by atoms with van der Waals surface area (Å²) < 4.78 is 11.0. The molecule has 1 heterocycles. The number of alkyl carbamates (subject to hydrolysis) is 1. The Morgan fingerprint density at radius 2 is 1.37 bits per heavy atom. The Labute approximate surface area is 377 Å². The molecule has 1 unspecified atom stereocenters. The van der Waals surface area contributed by atoms with E-state index in [9.17, 15) is 19.2 Å². The van der Waals surface area contributed by atoms with Gasteiger partial charge in [-0.1, -0.05) is 121 Å². The molecule has 0 aliphatic heterocycles. The first-order valence-electron chi connectivity index (χ1n) is 21.9. The van der Waals surface area contributed by atoms with Crippen LogP contribution in [0.2, 0.25) is 0 Å². The molecule has 7 rings (SSSR count). The van der Waals surface area contributed by atoms with Crippen molar-refractivity contribution in [3.05, 3.63) is 156 Å². The summed E-state index contributed by atoms with van der Waals surface area (Å²) in [5, 5.41) is 5.34. The van der Waals surface area contributed by atoms with Crippen LogP contribution in [0.25, 0.3) is 21.7 Å². The second-order valence-corrected chi connectivity index (χ2v) is 17.7. The van der Waals surface area contributed by atoms with Gasteiger partial charge in [0.05, 0.1) is 18.5 Å². The summed E-state index contributed by atoms with van der Waals surface area (Å²) in [4.78, 5) is 90.0. The van der Waals surface area contributed by atoms with Crippen LogP contribution >= 0.6 is 0 Å². The fourth-order valence-electron chi connectivity index (χ4n) is 8.78. The van der Waals surface area contributed by atoms with Crippen molar-refractivity contribution in [3.63, 3.8) is 0 Å². The second kappa shape index (κ2) is 20.3. The first-order valence-corrected chi connectivity index (χ1v) is 21.9. The third kappa shape index (κ3) is 11.2. The van der Waals surface area contributed by atoms with E-state index in [1.807, 2.05) is 97.1 Å². The number of nitrogens with two attached hydrogens (primary N) is 2. The summed E-state index contributed by atoms with van der Waals surface area (Å²) >= 11 is 0. The summed E-state index contributed by atoms with van der Waals surface area (Å²) in [5.74, 6) is -6.74. The number of nitrogens with zero attached hydrogens (tertiary/aromatic N) is 1. The summed E-state index contributed by atoms with van der Waals surface area (Å²) in [6, 6.07) is 34.7. The first-order chi connectivity index (χ1) is 31.2. The third-order valence-electron chi connectivity index (χ3n) is 11.9. The number of H-pyrrole nitrogens is 1. The molecule has 0 saturated heterocycles. The number of aromatic nitrogens is 1. The van der Waals surface area contributed by atoms with Crippen molar-refractivity contribution in [3.8, 4) is 0 Å². The van der Waals surface area contributed by atoms with Crippen LogP contribution in [0.4, 0.5) is 4.79 Å². The summed E-state index contributed by atoms with van der Waals surface area (Å²) in [7, 11) is 0. The van der Waals surface area contributed by atoms with Crippen LogP contribution in [0.5, 0.6) is 0 Å². The molecular formula is C52H55N5O8. The Balaban J connectivity index is 1.22. The average molecular weight is 878 g/mol. The van der Waals surface area contributed by atoms with Crippen molar-refractivity contribution < 1.29 is 38.2 Å². The molecule has 5 aromatic carbocycles. The van der Waals surface area contributed by atoms with Gasteiger partial charge < -0.3 is 31.2 Å². The molecule has 6 atom stereocenters. The predicted octanol–water partition coefficient (Wildman–Crippen LogP) is 7.05. The second-order valence-electron chi connectivity index (χ2n) is 17.7. The zero-order valence-electron chi connectivity index (χ0n) is 36.8. The number of fused-ring (bicyclic) bond motifs is 2. The van der Waals surface area contributed by atoms with Crippen LogP contribution in [0.3, 0.4) is 0 Å². The molecule has 0 radical (unpaired) electrons. The number of hydrogen-bond donors (Lipinski definition) is 4. The number of esters is 1. The number of rotatable bonds is 15. The summed E-state index contributed by atoms with van der Waals surface area (Å²) in [6.45, 7) is 5.04. The highest BCUT2D eigenvalue weighted by molar-refractivity contribution is 6.15. The van der Waals surface area contributed by atoms with Crippen molar-refractivity contribution in [1.82, 2.24) is 15.2 Å². The summed E-state index contributed by atoms with van der Waals surface area (Å²) in [6.07, 6.45) is 0.528. The van der Waals surface area contributed by atoms with E-state index in [0.717, 1.165) is 27.2 Å². The van der Waals surface area contributed by atoms with Gasteiger partial charge in [0.2, 0.25) is 5.91 Å². The van der Waals surface area contributed by atoms with E-state index in [0.29, 0.717) is 21.6 Å². The number of ether oxygens (including phenoxy) is 2. The number of Topliss-reactive ketones (excluding diaryl/α,β-unsaturated/α-hetero) is 1. The molecule has 0 spiro atoms. The number of benzene rings is 5.